The van der Waals surface area contributed by atoms with E-state index in [1.54, 1.807) is 11.3 Å². The number of aromatic nitrogens is 1. The van der Waals surface area contributed by atoms with E-state index in [9.17, 15) is 0 Å². The van der Waals surface area contributed by atoms with Crippen molar-refractivity contribution in [3.05, 3.63) is 16.1 Å². The van der Waals surface area contributed by atoms with Gasteiger partial charge in [0.2, 0.25) is 0 Å². The van der Waals surface area contributed by atoms with E-state index in [0.29, 0.717) is 11.9 Å². The highest BCUT2D eigenvalue weighted by atomic mass is 35.5. The quantitative estimate of drug-likeness (QED) is 0.595. The molecule has 5 heteroatoms. The molecule has 0 aliphatic carbocycles. The maximum absolute atomic E-state index is 5.76. The van der Waals surface area contributed by atoms with Gasteiger partial charge in [-0.3, -0.25) is 0 Å². The van der Waals surface area contributed by atoms with E-state index < -0.39 is 0 Å². The zero-order valence-corrected chi connectivity index (χ0v) is 13.5. The van der Waals surface area contributed by atoms with Gasteiger partial charge < -0.3 is 9.80 Å². The number of hydrogen-bond acceptors (Lipinski definition) is 4. The predicted octanol–water partition coefficient (Wildman–Crippen LogP) is 2.84. The first-order valence-corrected chi connectivity index (χ1v) is 8.52. The third-order valence-corrected chi connectivity index (χ3v) is 5.13. The molecular weight excluding hydrogens is 278 g/mol. The van der Waals surface area contributed by atoms with Gasteiger partial charge in [0, 0.05) is 31.1 Å². The summed E-state index contributed by atoms with van der Waals surface area (Å²) in [5.74, 6) is 0.537. The first kappa shape index (κ1) is 15.2. The standard InChI is InChI=1S/C14H24ClN3S/c1-12-10-18(8-7-17(12)2)6-4-3-5-14-16-13(9-15)11-19-14/h11-12H,3-10H2,1-2H3. The molecule has 1 atom stereocenters. The van der Waals surface area contributed by atoms with E-state index in [1.165, 1.54) is 44.0 Å². The molecule has 0 N–H and O–H groups in total. The van der Waals surface area contributed by atoms with Crippen molar-refractivity contribution in [1.29, 1.82) is 0 Å². The summed E-state index contributed by atoms with van der Waals surface area (Å²) in [6.07, 6.45) is 3.60. The van der Waals surface area contributed by atoms with Gasteiger partial charge in [-0.1, -0.05) is 0 Å². The molecule has 1 aromatic heterocycles. The van der Waals surface area contributed by atoms with Crippen LogP contribution in [0.3, 0.4) is 0 Å². The number of halogens is 1. The fourth-order valence-electron chi connectivity index (χ4n) is 2.46. The number of alkyl halides is 1. The normalized spacial score (nSPS) is 21.9. The molecule has 1 fully saturated rings. The lowest BCUT2D eigenvalue weighted by atomic mass is 10.1. The fourth-order valence-corrected chi connectivity index (χ4v) is 3.53. The smallest absolute Gasteiger partial charge is 0.0928 e. The molecule has 1 aliphatic rings. The Hall–Kier alpha value is -0.160. The maximum atomic E-state index is 5.76. The van der Waals surface area contributed by atoms with Crippen LogP contribution < -0.4 is 0 Å². The van der Waals surface area contributed by atoms with Crippen molar-refractivity contribution >= 4 is 22.9 Å². The molecule has 1 aromatic rings. The van der Waals surface area contributed by atoms with E-state index in [0.717, 1.165) is 12.1 Å². The van der Waals surface area contributed by atoms with E-state index in [4.69, 9.17) is 11.6 Å². The zero-order chi connectivity index (χ0) is 13.7. The molecule has 0 saturated carbocycles. The molecule has 3 nitrogen and oxygen atoms in total. The molecule has 1 aliphatic heterocycles. The second-order valence-electron chi connectivity index (χ2n) is 5.45. The Balaban J connectivity index is 1.61. The van der Waals surface area contributed by atoms with Crippen LogP contribution in [0.1, 0.15) is 30.5 Å². The van der Waals surface area contributed by atoms with Gasteiger partial charge in [0.25, 0.3) is 0 Å². The number of thiazole rings is 1. The maximum Gasteiger partial charge on any atom is 0.0928 e. The summed E-state index contributed by atoms with van der Waals surface area (Å²) in [6.45, 7) is 7.17. The van der Waals surface area contributed by atoms with Gasteiger partial charge in [-0.2, -0.15) is 0 Å². The number of piperazine rings is 1. The minimum absolute atomic E-state index is 0.537. The van der Waals surface area contributed by atoms with E-state index in [2.05, 4.69) is 34.1 Å². The van der Waals surface area contributed by atoms with Crippen LogP contribution in [0.5, 0.6) is 0 Å². The van der Waals surface area contributed by atoms with Crippen molar-refractivity contribution in [2.24, 2.45) is 0 Å². The van der Waals surface area contributed by atoms with Crippen molar-refractivity contribution in [1.82, 2.24) is 14.8 Å². The van der Waals surface area contributed by atoms with Gasteiger partial charge in [0.1, 0.15) is 0 Å². The largest absolute Gasteiger partial charge is 0.301 e. The summed E-state index contributed by atoms with van der Waals surface area (Å²) in [5, 5.41) is 3.31. The van der Waals surface area contributed by atoms with Crippen LogP contribution in [-0.4, -0.2) is 54.1 Å². The van der Waals surface area contributed by atoms with Gasteiger partial charge in [-0.15, -0.1) is 22.9 Å². The van der Waals surface area contributed by atoms with Crippen LogP contribution in [0, 0.1) is 0 Å². The molecule has 1 saturated heterocycles. The van der Waals surface area contributed by atoms with Gasteiger partial charge in [0.05, 0.1) is 16.6 Å². The molecule has 0 amide bonds. The number of hydrogen-bond donors (Lipinski definition) is 0. The van der Waals surface area contributed by atoms with Crippen LogP contribution >= 0.6 is 22.9 Å². The second-order valence-corrected chi connectivity index (χ2v) is 6.66. The molecular formula is C14H24ClN3S. The third kappa shape index (κ3) is 4.71. The summed E-state index contributed by atoms with van der Waals surface area (Å²) in [7, 11) is 2.22. The first-order valence-electron chi connectivity index (χ1n) is 7.11. The van der Waals surface area contributed by atoms with E-state index in [-0.39, 0.29) is 0 Å². The molecule has 2 heterocycles. The molecule has 0 bridgehead atoms. The van der Waals surface area contributed by atoms with Crippen LogP contribution in [-0.2, 0) is 12.3 Å². The molecule has 108 valence electrons. The molecule has 0 spiro atoms. The third-order valence-electron chi connectivity index (χ3n) is 3.90. The van der Waals surface area contributed by atoms with Crippen LogP contribution in [0.2, 0.25) is 0 Å². The van der Waals surface area contributed by atoms with Crippen LogP contribution in [0.4, 0.5) is 0 Å². The average molecular weight is 302 g/mol. The van der Waals surface area contributed by atoms with Gasteiger partial charge in [0.15, 0.2) is 0 Å². The van der Waals surface area contributed by atoms with Gasteiger partial charge in [-0.05, 0) is 39.8 Å². The van der Waals surface area contributed by atoms with Crippen LogP contribution in [0.15, 0.2) is 5.38 Å². The van der Waals surface area contributed by atoms with E-state index in [1.807, 2.05) is 0 Å². The van der Waals surface area contributed by atoms with Crippen molar-refractivity contribution in [2.75, 3.05) is 33.2 Å². The number of nitrogens with zero attached hydrogens (tertiary/aromatic N) is 3. The number of likely N-dealkylation sites (N-methyl/N-ethyl adjacent to an activating group) is 1. The summed E-state index contributed by atoms with van der Waals surface area (Å²) >= 11 is 7.51. The highest BCUT2D eigenvalue weighted by molar-refractivity contribution is 7.09. The summed E-state index contributed by atoms with van der Waals surface area (Å²) in [5.41, 5.74) is 1.02. The number of aryl methyl sites for hydroxylation is 1. The van der Waals surface area contributed by atoms with Crippen LogP contribution in [0.25, 0.3) is 0 Å². The van der Waals surface area contributed by atoms with Crippen molar-refractivity contribution < 1.29 is 0 Å². The zero-order valence-electron chi connectivity index (χ0n) is 11.9. The minimum Gasteiger partial charge on any atom is -0.301 e. The lowest BCUT2D eigenvalue weighted by Crippen LogP contribution is -2.50. The van der Waals surface area contributed by atoms with Gasteiger partial charge in [-0.25, -0.2) is 4.98 Å². The SMILES string of the molecule is CC1CN(CCCCc2nc(CCl)cs2)CCN1C. The van der Waals surface area contributed by atoms with E-state index >= 15 is 0 Å². The molecule has 0 aromatic carbocycles. The number of rotatable bonds is 6. The monoisotopic (exact) mass is 301 g/mol. The highest BCUT2D eigenvalue weighted by Crippen LogP contribution is 2.15. The van der Waals surface area contributed by atoms with Crippen molar-refractivity contribution in [2.45, 2.75) is 38.1 Å². The fraction of sp³-hybridized carbons (Fsp3) is 0.786. The Morgan fingerprint density at radius 1 is 1.42 bits per heavy atom. The molecule has 19 heavy (non-hydrogen) atoms. The topological polar surface area (TPSA) is 19.4 Å². The Morgan fingerprint density at radius 3 is 2.95 bits per heavy atom. The first-order chi connectivity index (χ1) is 9.19. The minimum atomic E-state index is 0.537. The Morgan fingerprint density at radius 2 is 2.26 bits per heavy atom. The Bertz CT molecular complexity index is 383. The van der Waals surface area contributed by atoms with Crippen molar-refractivity contribution in [3.8, 4) is 0 Å². The second kappa shape index (κ2) is 7.58. The number of unbranched alkanes of at least 4 members (excludes halogenated alkanes) is 1. The van der Waals surface area contributed by atoms with Gasteiger partial charge >= 0.3 is 0 Å². The molecule has 0 radical (unpaired) electrons. The van der Waals surface area contributed by atoms with Crippen molar-refractivity contribution in [3.63, 3.8) is 0 Å². The lowest BCUT2D eigenvalue weighted by Gasteiger charge is -2.37. The lowest BCUT2D eigenvalue weighted by molar-refractivity contribution is 0.104. The average Bonchev–Trinajstić information content (AvgIpc) is 2.87. The predicted molar refractivity (Wildman–Crippen MR) is 83.1 cm³/mol. The highest BCUT2D eigenvalue weighted by Gasteiger charge is 2.19. The summed E-state index contributed by atoms with van der Waals surface area (Å²) < 4.78 is 0. The Labute approximate surface area is 125 Å². The molecule has 2 rings (SSSR count). The summed E-state index contributed by atoms with van der Waals surface area (Å²) in [4.78, 5) is 9.54. The Kier molecular flexibility index (Phi) is 6.07. The summed E-state index contributed by atoms with van der Waals surface area (Å²) in [6, 6.07) is 0.694. The molecule has 1 unspecified atom stereocenters.